The van der Waals surface area contributed by atoms with Crippen molar-refractivity contribution in [1.82, 2.24) is 29.9 Å². The van der Waals surface area contributed by atoms with Gasteiger partial charge in [0.25, 0.3) is 17.7 Å². The summed E-state index contributed by atoms with van der Waals surface area (Å²) in [5.74, 6) is 1.58. The molecule has 0 fully saturated rings. The molecule has 0 saturated carbocycles. The summed E-state index contributed by atoms with van der Waals surface area (Å²) in [6.45, 7) is 10.9. The Hall–Kier alpha value is -10.7. The molecule has 27 heteroatoms. The van der Waals surface area contributed by atoms with Crippen molar-refractivity contribution < 1.29 is 33.4 Å². The van der Waals surface area contributed by atoms with Crippen LogP contribution in [-0.2, 0) is 9.47 Å². The number of hydrogen-bond acceptors (Lipinski definition) is 14. The normalized spacial score (nSPS) is 10.3. The topological polar surface area (TPSA) is 331 Å². The van der Waals surface area contributed by atoms with Crippen molar-refractivity contribution in [3.63, 3.8) is 0 Å². The third kappa shape index (κ3) is 23.6. The third-order valence-electron chi connectivity index (χ3n) is 10.8. The van der Waals surface area contributed by atoms with Gasteiger partial charge in [0.1, 0.15) is 47.8 Å². The van der Waals surface area contributed by atoms with Crippen LogP contribution in [-0.4, -0.2) is 71.1 Å². The van der Waals surface area contributed by atoms with Gasteiger partial charge in [0, 0.05) is 60.8 Å². The Morgan fingerprint density at radius 1 is 0.506 bits per heavy atom. The van der Waals surface area contributed by atoms with Crippen LogP contribution in [0.15, 0.2) is 206 Å². The zero-order chi connectivity index (χ0) is 64.5. The Labute approximate surface area is 535 Å². The number of rotatable bonds is 12. The number of ether oxygens (including phenoxy) is 2. The second-order valence-corrected chi connectivity index (χ2v) is 22.5. The molecular weight excluding hydrogens is 1330 g/mol. The predicted molar refractivity (Wildman–Crippen MR) is 351 cm³/mol. The van der Waals surface area contributed by atoms with Gasteiger partial charge in [0.05, 0.1) is 11.9 Å². The maximum Gasteiger partial charge on any atom is 0.412 e. The fourth-order valence-electron chi connectivity index (χ4n) is 7.02. The number of azide groups is 2. The molecule has 5 N–H and O–H groups in total. The minimum atomic E-state index is -0.585. The summed E-state index contributed by atoms with van der Waals surface area (Å²) < 4.78 is 13.8. The lowest BCUT2D eigenvalue weighted by molar-refractivity contribution is 0.0624. The molecule has 0 aliphatic rings. The first-order valence-electron chi connectivity index (χ1n) is 26.3. The van der Waals surface area contributed by atoms with E-state index in [0.717, 1.165) is 11.3 Å². The van der Waals surface area contributed by atoms with Gasteiger partial charge in [-0.05, 0) is 216 Å². The van der Waals surface area contributed by atoms with Gasteiger partial charge in [0.2, 0.25) is 0 Å². The molecule has 5 amide bonds. The number of terminal acetylenes is 1. The van der Waals surface area contributed by atoms with Crippen LogP contribution < -0.4 is 26.6 Å². The van der Waals surface area contributed by atoms with E-state index >= 15 is 0 Å². The smallest absolute Gasteiger partial charge is 0.412 e. The number of anilines is 5. The lowest BCUT2D eigenvalue weighted by Gasteiger charge is -2.19. The Morgan fingerprint density at radius 2 is 0.888 bits per heavy atom. The molecule has 0 saturated heterocycles. The molecule has 0 aliphatic carbocycles. The number of nitrogens with zero attached hydrogens (tertiary/aromatic N) is 12. The second kappa shape index (κ2) is 32.7. The number of carbonyl (C=O) groups excluding carboxylic acids is 5. The molecule has 4 aromatic heterocycles. The maximum absolute atomic E-state index is 12.4. The number of halogens is 3. The molecule has 24 nitrogen and oxygen atoms in total. The molecule has 4 heterocycles. The van der Waals surface area contributed by atoms with E-state index in [9.17, 15) is 24.0 Å². The first kappa shape index (κ1) is 67.4. The Balaban J connectivity index is 0.000000201. The third-order valence-corrected chi connectivity index (χ3v) is 12.1. The summed E-state index contributed by atoms with van der Waals surface area (Å²) in [5, 5.41) is 28.9. The van der Waals surface area contributed by atoms with Crippen LogP contribution in [0.4, 0.5) is 49.4 Å². The van der Waals surface area contributed by atoms with E-state index in [0.29, 0.717) is 82.0 Å². The summed E-state index contributed by atoms with van der Waals surface area (Å²) in [6, 6.07) is 49.9. The van der Waals surface area contributed by atoms with Crippen LogP contribution in [0.3, 0.4) is 0 Å². The van der Waals surface area contributed by atoms with Gasteiger partial charge in [-0.15, -0.1) is 11.5 Å². The fourth-order valence-corrected chi connectivity index (χ4v) is 8.05. The van der Waals surface area contributed by atoms with Crippen LogP contribution in [0.1, 0.15) is 78.6 Å². The van der Waals surface area contributed by atoms with Crippen molar-refractivity contribution in [2.75, 3.05) is 26.6 Å². The number of pyridine rings is 3. The fraction of sp³-hybridized carbons (Fsp3) is 0.129. The quantitative estimate of drug-likeness (QED) is 0.0251. The number of carbonyl (C=O) groups is 5. The van der Waals surface area contributed by atoms with Gasteiger partial charge < -0.3 is 25.4 Å². The average molecular weight is 1390 g/mol. The first-order valence-corrected chi connectivity index (χ1v) is 28.6. The van der Waals surface area contributed by atoms with E-state index in [-0.39, 0.29) is 17.7 Å². The van der Waals surface area contributed by atoms with Gasteiger partial charge >= 0.3 is 12.2 Å². The molecule has 0 radical (unpaired) electrons. The number of hydrogen-bond donors (Lipinski definition) is 5. The first-order chi connectivity index (χ1) is 42.4. The molecule has 0 spiro atoms. The van der Waals surface area contributed by atoms with E-state index in [1.807, 2.05) is 45.0 Å². The van der Waals surface area contributed by atoms with Gasteiger partial charge in [-0.25, -0.2) is 29.2 Å². The molecule has 0 aliphatic heterocycles. The maximum atomic E-state index is 12.4. The molecule has 89 heavy (non-hydrogen) atoms. The molecule has 450 valence electrons. The summed E-state index contributed by atoms with van der Waals surface area (Å²) in [6.07, 6.45) is 6.03. The summed E-state index contributed by atoms with van der Waals surface area (Å²) in [4.78, 5) is 77.3. The number of benzene rings is 5. The van der Waals surface area contributed by atoms with Crippen LogP contribution in [0.2, 0.25) is 0 Å². The number of amides is 5. The SMILES string of the molecule is C#Cc1cccc(NC(=O)OC(C)(C)C)c1.CC(C)(C)OC(=O)Nc1cccc(-c2cn(-c3ccc(NC(=O)c4cccc(Br)n4)cc3)nn2)c1.[N-]=[N+]=Nc1ccc(NC(=O)c2cccc(Br)n2)cc1.[N-]=[N+]=Nc1ccc(NC(=O)c2cccc(Br)n2)cc1. The van der Waals surface area contributed by atoms with Crippen molar-refractivity contribution in [3.05, 3.63) is 239 Å². The van der Waals surface area contributed by atoms with Crippen LogP contribution in [0.25, 0.3) is 37.8 Å². The lowest BCUT2D eigenvalue weighted by atomic mass is 10.1. The molecule has 0 atom stereocenters. The molecule has 9 aromatic rings. The van der Waals surface area contributed by atoms with Crippen LogP contribution >= 0.6 is 47.8 Å². The van der Waals surface area contributed by atoms with Crippen LogP contribution in [0.5, 0.6) is 0 Å². The molecule has 9 rings (SSSR count). The van der Waals surface area contributed by atoms with Gasteiger partial charge in [0.15, 0.2) is 0 Å². The Kier molecular flexibility index (Phi) is 24.7. The standard InChI is InChI=1S/C25H23BrN6O3.C13H15NO2.2C12H8BrN5O/c1-25(2,3)35-24(34)28-18-7-4-6-16(14-18)21-15-32(31-30-21)19-12-10-17(11-13-19)27-23(33)20-8-5-9-22(26)29-20;1-5-10-7-6-8-11(9-10)14-12(15)16-13(2,3)4;2*13-11-3-1-2-10(16-11)12(19)15-8-4-6-9(7-5-8)17-18-14/h4-15H,1-3H3,(H,27,33)(H,28,34);1,6-9H,2-4H3,(H,14,15);2*1-7H,(H,15,19). The van der Waals surface area contributed by atoms with Crippen molar-refractivity contribution in [2.45, 2.75) is 52.7 Å². The highest BCUT2D eigenvalue weighted by molar-refractivity contribution is 9.11. The summed E-state index contributed by atoms with van der Waals surface area (Å²) in [5.41, 5.74) is 23.3. The second-order valence-electron chi connectivity index (χ2n) is 20.0. The number of aromatic nitrogens is 6. The highest BCUT2D eigenvalue weighted by atomic mass is 79.9. The lowest BCUT2D eigenvalue weighted by Crippen LogP contribution is -2.27. The molecular formula is C62H54Br3N17O7. The monoisotopic (exact) mass is 1390 g/mol. The molecule has 5 aromatic carbocycles. The molecule has 0 bridgehead atoms. The minimum Gasteiger partial charge on any atom is -0.444 e. The highest BCUT2D eigenvalue weighted by Gasteiger charge is 2.18. The highest BCUT2D eigenvalue weighted by Crippen LogP contribution is 2.24. The van der Waals surface area contributed by atoms with Gasteiger partial charge in [-0.2, -0.15) is 0 Å². The van der Waals surface area contributed by atoms with Crippen LogP contribution in [0, 0.1) is 12.3 Å². The van der Waals surface area contributed by atoms with E-state index < -0.39 is 23.4 Å². The van der Waals surface area contributed by atoms with Crippen molar-refractivity contribution in [1.29, 1.82) is 0 Å². The molecule has 0 unspecified atom stereocenters. The van der Waals surface area contributed by atoms with Gasteiger partial charge in [-0.1, -0.05) is 82.0 Å². The minimum absolute atomic E-state index is 0.304. The van der Waals surface area contributed by atoms with E-state index in [2.05, 4.69) is 126 Å². The number of nitrogens with one attached hydrogen (secondary N) is 5. The van der Waals surface area contributed by atoms with E-state index in [1.165, 1.54) is 0 Å². The van der Waals surface area contributed by atoms with Crippen molar-refractivity contribution in [2.24, 2.45) is 10.2 Å². The average Bonchev–Trinajstić information content (AvgIpc) is 2.74. The van der Waals surface area contributed by atoms with E-state index in [4.69, 9.17) is 27.0 Å². The zero-order valence-electron chi connectivity index (χ0n) is 48.3. The van der Waals surface area contributed by atoms with Crippen molar-refractivity contribution >= 4 is 118 Å². The Bertz CT molecular complexity index is 3980. The van der Waals surface area contributed by atoms with Crippen molar-refractivity contribution in [3.8, 4) is 29.3 Å². The zero-order valence-corrected chi connectivity index (χ0v) is 53.0. The largest absolute Gasteiger partial charge is 0.444 e. The van der Waals surface area contributed by atoms with Gasteiger partial charge in [-0.3, -0.25) is 25.0 Å². The Morgan fingerprint density at radius 3 is 1.27 bits per heavy atom. The predicted octanol–water partition coefficient (Wildman–Crippen LogP) is 16.8. The van der Waals surface area contributed by atoms with E-state index in [1.54, 1.807) is 183 Å². The summed E-state index contributed by atoms with van der Waals surface area (Å²) >= 11 is 9.67. The summed E-state index contributed by atoms with van der Waals surface area (Å²) in [7, 11) is 0.